The lowest BCUT2D eigenvalue weighted by Crippen LogP contribution is -2.21. The summed E-state index contributed by atoms with van der Waals surface area (Å²) in [6, 6.07) is 2.78. The predicted molar refractivity (Wildman–Crippen MR) is 204 cm³/mol. The van der Waals surface area contributed by atoms with E-state index < -0.39 is 218 Å². The average Bonchev–Trinajstić information content (AvgIpc) is 4.19. The molecule has 25 heteroatoms. The Labute approximate surface area is 373 Å². The highest BCUT2D eigenvalue weighted by Crippen LogP contribution is 2.55. The lowest BCUT2D eigenvalue weighted by atomic mass is 9.93. The Morgan fingerprint density at radius 2 is 0.657 bits per heavy atom. The van der Waals surface area contributed by atoms with Crippen molar-refractivity contribution in [3.05, 3.63) is 158 Å². The van der Waals surface area contributed by atoms with Gasteiger partial charge in [0.05, 0.1) is 45.0 Å². The number of methoxy groups -OCH3 is 1. The van der Waals surface area contributed by atoms with Crippen LogP contribution in [0.4, 0.5) is 83.4 Å². The standard InChI is InChI=1S/C45H13F19N4O2/c1-69-44-41-16(20-26(50)33(57)38(62)34(58)27(20)51)12-6-4-10(66-12)14(18-22(46)29(53)36(60)30(54)23(18)47)8-2-3-9(65-8)15(19-24(48)31(55)37(61)32(56)25(19)49)11-5-7-13(67-11)17-21-28(52)35(59)39(63)40(64)43(21)70-45(44)42(17)68-41/h2-7,44-45,66-67H,1H3/t44-,45+/m0/s1. The Hall–Kier alpha value is -7.83. The fraction of sp³-hybridized carbons (Fsp3) is 0.0667. The van der Waals surface area contributed by atoms with Crippen molar-refractivity contribution in [3.63, 3.8) is 0 Å². The van der Waals surface area contributed by atoms with Gasteiger partial charge < -0.3 is 19.4 Å². The second-order valence-electron chi connectivity index (χ2n) is 15.2. The van der Waals surface area contributed by atoms with E-state index in [-0.39, 0.29) is 0 Å². The molecule has 6 nitrogen and oxygen atoms in total. The molecule has 0 amide bonds. The van der Waals surface area contributed by atoms with E-state index in [1.54, 1.807) is 0 Å². The summed E-state index contributed by atoms with van der Waals surface area (Å²) in [5.74, 6) is -50.3. The molecule has 3 aliphatic heterocycles. The van der Waals surface area contributed by atoms with Crippen LogP contribution in [0.5, 0.6) is 5.75 Å². The number of nitrogens with zero attached hydrogens (tertiary/aromatic N) is 2. The zero-order valence-electron chi connectivity index (χ0n) is 33.5. The van der Waals surface area contributed by atoms with Crippen LogP contribution in [-0.2, 0) is 4.74 Å². The number of aromatic nitrogens is 4. The minimum atomic E-state index is -2.71. The molecule has 10 rings (SSSR count). The Morgan fingerprint density at radius 1 is 0.357 bits per heavy atom. The van der Waals surface area contributed by atoms with E-state index in [0.717, 1.165) is 19.2 Å². The summed E-state index contributed by atoms with van der Waals surface area (Å²) in [4.78, 5) is 12.9. The minimum absolute atomic E-state index is 0.637. The number of H-pyrrole nitrogens is 2. The summed E-state index contributed by atoms with van der Waals surface area (Å²) in [6.45, 7) is 0. The zero-order valence-corrected chi connectivity index (χ0v) is 33.5. The molecule has 358 valence electrons. The molecular weight excluding hydrogens is 989 g/mol. The SMILES string of the molecule is CO[C@H]1c2nc3c(c4ccc([nH]4)c(-c4c(F)c(F)c(F)c(F)c4F)c4nc(c(-c5c(F)c(F)c(F)c(F)c5F)c5ccc([nH]5)c2-c2c(F)c(F)c(F)c(F)c2F)C=C4)-c2c(F)c(F)c(F)c(F)c2O[C@H]31. The van der Waals surface area contributed by atoms with Crippen molar-refractivity contribution in [1.29, 1.82) is 0 Å². The Kier molecular flexibility index (Phi) is 10.4. The zero-order chi connectivity index (χ0) is 50.4. The monoisotopic (exact) mass is 1000 g/mol. The van der Waals surface area contributed by atoms with Crippen LogP contribution >= 0.6 is 0 Å². The van der Waals surface area contributed by atoms with Crippen LogP contribution in [0.2, 0.25) is 0 Å². The number of hydrogen-bond acceptors (Lipinski definition) is 4. The molecule has 0 spiro atoms. The molecule has 0 aliphatic carbocycles. The molecule has 2 atom stereocenters. The number of aromatic amines is 2. The van der Waals surface area contributed by atoms with Crippen molar-refractivity contribution < 1.29 is 92.9 Å². The summed E-state index contributed by atoms with van der Waals surface area (Å²) >= 11 is 0. The third-order valence-corrected chi connectivity index (χ3v) is 11.5. The number of benzene rings is 4. The van der Waals surface area contributed by atoms with Gasteiger partial charge in [0.1, 0.15) is 6.10 Å². The van der Waals surface area contributed by atoms with E-state index in [4.69, 9.17) is 9.47 Å². The molecule has 70 heavy (non-hydrogen) atoms. The van der Waals surface area contributed by atoms with E-state index in [0.29, 0.717) is 24.3 Å². The van der Waals surface area contributed by atoms with Crippen LogP contribution in [0.1, 0.15) is 35.0 Å². The Morgan fingerprint density at radius 3 is 1.03 bits per heavy atom. The third kappa shape index (κ3) is 6.14. The van der Waals surface area contributed by atoms with Crippen molar-refractivity contribution in [2.75, 3.05) is 7.11 Å². The van der Waals surface area contributed by atoms with Gasteiger partial charge in [-0.3, -0.25) is 0 Å². The van der Waals surface area contributed by atoms with Crippen molar-refractivity contribution in [2.45, 2.75) is 12.2 Å². The van der Waals surface area contributed by atoms with Crippen LogP contribution in [0.3, 0.4) is 0 Å². The lowest BCUT2D eigenvalue weighted by Gasteiger charge is -2.28. The van der Waals surface area contributed by atoms with Crippen LogP contribution < -0.4 is 4.74 Å². The fourth-order valence-corrected chi connectivity index (χ4v) is 8.46. The van der Waals surface area contributed by atoms with Crippen molar-refractivity contribution in [3.8, 4) is 50.3 Å². The van der Waals surface area contributed by atoms with E-state index in [9.17, 15) is 17.6 Å². The first kappa shape index (κ1) is 45.9. The van der Waals surface area contributed by atoms with Gasteiger partial charge in [-0.1, -0.05) is 0 Å². The summed E-state index contributed by atoms with van der Waals surface area (Å²) in [7, 11) is 0.772. The van der Waals surface area contributed by atoms with Gasteiger partial charge in [-0.25, -0.2) is 89.0 Å². The van der Waals surface area contributed by atoms with Crippen LogP contribution in [0, 0.1) is 111 Å². The molecular formula is C45H13F19N4O2. The number of ether oxygens (including phenoxy) is 2. The third-order valence-electron chi connectivity index (χ3n) is 11.5. The summed E-state index contributed by atoms with van der Waals surface area (Å²) in [5.41, 5.74) is -19.1. The fourth-order valence-electron chi connectivity index (χ4n) is 8.46. The maximum Gasteiger partial charge on any atom is 0.204 e. The molecule has 0 unspecified atom stereocenters. The number of hydrogen-bond donors (Lipinski definition) is 2. The van der Waals surface area contributed by atoms with E-state index >= 15 is 65.9 Å². The first-order valence-corrected chi connectivity index (χ1v) is 19.2. The van der Waals surface area contributed by atoms with Gasteiger partial charge in [-0.2, -0.15) is 4.39 Å². The topological polar surface area (TPSA) is 75.8 Å². The number of nitrogens with one attached hydrogen (secondary N) is 2. The summed E-state index contributed by atoms with van der Waals surface area (Å²) in [5, 5.41) is 0. The normalized spacial score (nSPS) is 15.0. The highest BCUT2D eigenvalue weighted by Gasteiger charge is 2.46. The van der Waals surface area contributed by atoms with Gasteiger partial charge >= 0.3 is 0 Å². The summed E-state index contributed by atoms with van der Waals surface area (Å²) < 4.78 is 303. The van der Waals surface area contributed by atoms with Crippen molar-refractivity contribution in [1.82, 2.24) is 19.9 Å². The second kappa shape index (κ2) is 15.9. The number of fused-ring (bicyclic) bond motifs is 10. The van der Waals surface area contributed by atoms with Gasteiger partial charge in [-0.15, -0.1) is 0 Å². The lowest BCUT2D eigenvalue weighted by molar-refractivity contribution is 0.00301. The molecule has 0 fully saturated rings. The van der Waals surface area contributed by atoms with Crippen LogP contribution in [0.15, 0.2) is 24.3 Å². The molecule has 3 aliphatic rings. The maximum atomic E-state index is 16.1. The molecule has 8 bridgehead atoms. The van der Waals surface area contributed by atoms with Crippen molar-refractivity contribution >= 4 is 34.2 Å². The minimum Gasteiger partial charge on any atom is -0.477 e. The highest BCUT2D eigenvalue weighted by molar-refractivity contribution is 5.98. The Balaban J connectivity index is 1.52. The molecule has 6 heterocycles. The molecule has 0 saturated heterocycles. The van der Waals surface area contributed by atoms with Crippen LogP contribution in [0.25, 0.3) is 78.7 Å². The van der Waals surface area contributed by atoms with Crippen molar-refractivity contribution in [2.24, 2.45) is 0 Å². The molecule has 7 aromatic rings. The van der Waals surface area contributed by atoms with Gasteiger partial charge in [0, 0.05) is 51.4 Å². The number of rotatable bonds is 4. The first-order valence-electron chi connectivity index (χ1n) is 19.2. The maximum absolute atomic E-state index is 16.1. The highest BCUT2D eigenvalue weighted by atomic mass is 19.2. The molecule has 0 saturated carbocycles. The average molecular weight is 1000 g/mol. The molecule has 4 aromatic carbocycles. The van der Waals surface area contributed by atoms with E-state index in [1.165, 1.54) is 0 Å². The quantitative estimate of drug-likeness (QED) is 0.105. The van der Waals surface area contributed by atoms with Gasteiger partial charge in [-0.05, 0) is 36.4 Å². The van der Waals surface area contributed by atoms with Gasteiger partial charge in [0.15, 0.2) is 93.3 Å². The number of halogens is 19. The largest absolute Gasteiger partial charge is 0.477 e. The van der Waals surface area contributed by atoms with Crippen LogP contribution in [-0.4, -0.2) is 27.0 Å². The van der Waals surface area contributed by atoms with E-state index in [1.807, 2.05) is 0 Å². The Bertz CT molecular complexity index is 3690. The molecule has 2 N–H and O–H groups in total. The molecule has 0 radical (unpaired) electrons. The first-order chi connectivity index (χ1) is 33.1. The summed E-state index contributed by atoms with van der Waals surface area (Å²) in [6.07, 6.45) is -3.08. The van der Waals surface area contributed by atoms with Gasteiger partial charge in [0.2, 0.25) is 29.1 Å². The molecule has 3 aromatic heterocycles. The smallest absolute Gasteiger partial charge is 0.204 e. The van der Waals surface area contributed by atoms with Gasteiger partial charge in [0.25, 0.3) is 0 Å². The second-order valence-corrected chi connectivity index (χ2v) is 15.2. The predicted octanol–water partition coefficient (Wildman–Crippen LogP) is 13.6. The van der Waals surface area contributed by atoms with E-state index in [2.05, 4.69) is 19.9 Å².